The summed E-state index contributed by atoms with van der Waals surface area (Å²) in [6, 6.07) is 13.1. The Labute approximate surface area is 228 Å². The lowest BCUT2D eigenvalue weighted by molar-refractivity contribution is 0.102. The van der Waals surface area contributed by atoms with Crippen molar-refractivity contribution >= 4 is 22.9 Å². The summed E-state index contributed by atoms with van der Waals surface area (Å²) < 4.78 is 3.46. The number of benzene rings is 2. The fraction of sp³-hybridized carbons (Fsp3) is 0.276. The second kappa shape index (κ2) is 11.3. The molecule has 1 N–H and O–H groups in total. The van der Waals surface area contributed by atoms with Crippen molar-refractivity contribution < 1.29 is 4.79 Å². The molecule has 0 aliphatic carbocycles. The predicted molar refractivity (Wildman–Crippen MR) is 154 cm³/mol. The van der Waals surface area contributed by atoms with Crippen LogP contribution < -0.4 is 10.2 Å². The van der Waals surface area contributed by atoms with Gasteiger partial charge in [0.05, 0.1) is 29.7 Å². The molecule has 39 heavy (non-hydrogen) atoms. The molecule has 2 aromatic carbocycles. The van der Waals surface area contributed by atoms with Gasteiger partial charge in [0.15, 0.2) is 0 Å². The number of amides is 1. The highest BCUT2D eigenvalue weighted by molar-refractivity contribution is 6.05. The number of nitrogens with zero attached hydrogens (tertiary/aromatic N) is 8. The number of carbonyl (C=O) groups excluding carboxylic acids is 1. The average molecular weight is 524 g/mol. The van der Waals surface area contributed by atoms with Crippen molar-refractivity contribution in [3.8, 4) is 23.0 Å². The number of hydrogen-bond acceptors (Lipinski definition) is 7. The van der Waals surface area contributed by atoms with E-state index in [4.69, 9.17) is 0 Å². The Morgan fingerprint density at radius 2 is 1.87 bits per heavy atom. The molecule has 0 saturated heterocycles. The Morgan fingerprint density at radius 3 is 2.54 bits per heavy atom. The van der Waals surface area contributed by atoms with Gasteiger partial charge in [-0.1, -0.05) is 17.9 Å². The molecule has 4 rings (SSSR count). The van der Waals surface area contributed by atoms with E-state index in [1.165, 1.54) is 0 Å². The molecular weight excluding hydrogens is 490 g/mol. The molecule has 0 atom stereocenters. The Hall–Kier alpha value is -4.75. The number of aryl methyl sites for hydroxylation is 2. The van der Waals surface area contributed by atoms with E-state index in [-0.39, 0.29) is 5.91 Å². The van der Waals surface area contributed by atoms with Crippen LogP contribution in [0.3, 0.4) is 0 Å². The first-order valence-corrected chi connectivity index (χ1v) is 12.5. The minimum absolute atomic E-state index is 0.277. The quantitative estimate of drug-likeness (QED) is 0.330. The topological polar surface area (TPSA) is 108 Å². The van der Waals surface area contributed by atoms with E-state index in [1.807, 2.05) is 66.4 Å². The number of carbonyl (C=O) groups is 1. The average Bonchev–Trinajstić information content (AvgIpc) is 3.53. The highest BCUT2D eigenvalue weighted by atomic mass is 16.1. The molecule has 0 aliphatic rings. The van der Waals surface area contributed by atoms with Gasteiger partial charge in [-0.05, 0) is 69.4 Å². The van der Waals surface area contributed by atoms with Gasteiger partial charge in [0.2, 0.25) is 0 Å². The van der Waals surface area contributed by atoms with Crippen molar-refractivity contribution in [3.05, 3.63) is 77.8 Å². The molecule has 0 radical (unpaired) electrons. The van der Waals surface area contributed by atoms with Gasteiger partial charge in [0.25, 0.3) is 5.91 Å². The van der Waals surface area contributed by atoms with Crippen LogP contribution in [0.5, 0.6) is 0 Å². The predicted octanol–water partition coefficient (Wildman–Crippen LogP) is 4.07. The van der Waals surface area contributed by atoms with E-state index in [1.54, 1.807) is 33.8 Å². The Morgan fingerprint density at radius 1 is 1.10 bits per heavy atom. The summed E-state index contributed by atoms with van der Waals surface area (Å²) in [6.45, 7) is 9.44. The van der Waals surface area contributed by atoms with Crippen molar-refractivity contribution in [2.24, 2.45) is 7.05 Å². The van der Waals surface area contributed by atoms with E-state index in [9.17, 15) is 10.1 Å². The minimum atomic E-state index is -0.277. The summed E-state index contributed by atoms with van der Waals surface area (Å²) in [5.74, 6) is -0.277. The molecule has 200 valence electrons. The van der Waals surface area contributed by atoms with E-state index in [2.05, 4.69) is 43.2 Å². The van der Waals surface area contributed by atoms with Crippen LogP contribution in [0.1, 0.15) is 27.2 Å². The first-order chi connectivity index (χ1) is 18.6. The number of rotatable bonds is 9. The van der Waals surface area contributed by atoms with Gasteiger partial charge in [0.1, 0.15) is 5.69 Å². The Bertz CT molecular complexity index is 1570. The van der Waals surface area contributed by atoms with E-state index in [0.29, 0.717) is 28.1 Å². The van der Waals surface area contributed by atoms with Gasteiger partial charge in [-0.25, -0.2) is 4.68 Å². The van der Waals surface area contributed by atoms with Crippen LogP contribution >= 0.6 is 0 Å². The minimum Gasteiger partial charge on any atom is -0.373 e. The zero-order valence-electron chi connectivity index (χ0n) is 23.2. The van der Waals surface area contributed by atoms with Crippen LogP contribution in [0.4, 0.5) is 11.4 Å². The zero-order chi connectivity index (χ0) is 28.3. The number of aromatic nitrogens is 5. The second-order valence-electron chi connectivity index (χ2n) is 9.85. The third kappa shape index (κ3) is 6.05. The molecular formula is C29H33N9O. The highest BCUT2D eigenvalue weighted by Gasteiger charge is 2.16. The van der Waals surface area contributed by atoms with Crippen molar-refractivity contribution in [2.75, 3.05) is 44.4 Å². The smallest absolute Gasteiger partial charge is 0.255 e. The third-order valence-electron chi connectivity index (χ3n) is 6.71. The number of allylic oxidation sites excluding steroid dienone is 1. The Kier molecular flexibility index (Phi) is 7.93. The van der Waals surface area contributed by atoms with Gasteiger partial charge in [-0.3, -0.25) is 9.48 Å². The van der Waals surface area contributed by atoms with Crippen molar-refractivity contribution in [3.63, 3.8) is 0 Å². The maximum Gasteiger partial charge on any atom is 0.255 e. The van der Waals surface area contributed by atoms with Crippen molar-refractivity contribution in [1.29, 1.82) is 5.26 Å². The number of likely N-dealkylation sites (N-methyl/N-ethyl adjacent to an activating group) is 2. The maximum absolute atomic E-state index is 13.4. The van der Waals surface area contributed by atoms with Gasteiger partial charge in [-0.15, -0.1) is 5.10 Å². The van der Waals surface area contributed by atoms with Gasteiger partial charge >= 0.3 is 0 Å². The van der Waals surface area contributed by atoms with Crippen molar-refractivity contribution in [2.45, 2.75) is 13.8 Å². The summed E-state index contributed by atoms with van der Waals surface area (Å²) in [4.78, 5) is 17.5. The number of anilines is 2. The highest BCUT2D eigenvalue weighted by Crippen LogP contribution is 2.27. The molecule has 0 bridgehead atoms. The lowest BCUT2D eigenvalue weighted by Gasteiger charge is -2.23. The van der Waals surface area contributed by atoms with E-state index < -0.39 is 0 Å². The first-order valence-electron chi connectivity index (χ1n) is 12.5. The molecule has 1 amide bonds. The van der Waals surface area contributed by atoms with Crippen LogP contribution in [-0.4, -0.2) is 69.8 Å². The van der Waals surface area contributed by atoms with Gasteiger partial charge in [0, 0.05) is 55.4 Å². The summed E-state index contributed by atoms with van der Waals surface area (Å²) in [5.41, 5.74) is 7.21. The molecule has 4 aromatic rings. The monoisotopic (exact) mass is 523 g/mol. The lowest BCUT2D eigenvalue weighted by atomic mass is 10.1. The van der Waals surface area contributed by atoms with Crippen LogP contribution in [0, 0.1) is 25.2 Å². The maximum atomic E-state index is 13.4. The molecule has 0 saturated carbocycles. The summed E-state index contributed by atoms with van der Waals surface area (Å²) >= 11 is 0. The molecule has 2 aromatic heterocycles. The van der Waals surface area contributed by atoms with Gasteiger partial charge in [-0.2, -0.15) is 10.4 Å². The van der Waals surface area contributed by atoms with E-state index in [0.717, 1.165) is 41.3 Å². The molecule has 0 fully saturated rings. The number of hydrogen-bond donors (Lipinski definition) is 1. The first kappa shape index (κ1) is 27.3. The van der Waals surface area contributed by atoms with Crippen LogP contribution in [0.2, 0.25) is 0 Å². The lowest BCUT2D eigenvalue weighted by Crippen LogP contribution is -2.28. The molecule has 0 aliphatic heterocycles. The summed E-state index contributed by atoms with van der Waals surface area (Å²) in [5, 5.41) is 25.3. The Balaban J connectivity index is 1.61. The third-order valence-corrected chi connectivity index (χ3v) is 6.71. The zero-order valence-corrected chi connectivity index (χ0v) is 23.2. The number of nitriles is 1. The summed E-state index contributed by atoms with van der Waals surface area (Å²) in [7, 11) is 7.90. The molecule has 10 nitrogen and oxygen atoms in total. The second-order valence-corrected chi connectivity index (χ2v) is 9.85. The van der Waals surface area contributed by atoms with Crippen molar-refractivity contribution in [1.82, 2.24) is 29.7 Å². The van der Waals surface area contributed by atoms with Crippen LogP contribution in [-0.2, 0) is 7.05 Å². The van der Waals surface area contributed by atoms with Gasteiger partial charge < -0.3 is 15.1 Å². The number of nitrogens with one attached hydrogen (secondary N) is 1. The molecule has 2 heterocycles. The molecule has 0 unspecified atom stereocenters. The fourth-order valence-corrected chi connectivity index (χ4v) is 4.08. The SMILES string of the molecule is C=C(C#N)c1cc(NC(=O)c2ccc(C)c(-n3cc(-c4cnn(C)c4C)nn3)c2)cc(N(C)CCN(C)C)c1. The van der Waals surface area contributed by atoms with E-state index >= 15 is 0 Å². The fourth-order valence-electron chi connectivity index (χ4n) is 4.08. The van der Waals surface area contributed by atoms with Crippen LogP contribution in [0.15, 0.2) is 55.4 Å². The normalized spacial score (nSPS) is 10.9. The summed E-state index contributed by atoms with van der Waals surface area (Å²) in [6.07, 6.45) is 3.60. The largest absolute Gasteiger partial charge is 0.373 e. The molecule has 0 spiro atoms. The molecule has 10 heteroatoms. The van der Waals surface area contributed by atoms with Crippen LogP contribution in [0.25, 0.3) is 22.5 Å². The standard InChI is InChI=1S/C29H33N9O/c1-19-8-9-22(14-28(19)38-18-27(33-34-38)26-17-31-37(7)21(26)3)29(39)32-24-12-23(20(2)16-30)13-25(15-24)36(6)11-10-35(4)5/h8-9,12-15,17-18H,2,10-11H2,1,3-7H3,(H,32,39).